The van der Waals surface area contributed by atoms with Gasteiger partial charge in [-0.25, -0.2) is 13.4 Å². The molecule has 3 aromatic heterocycles. The smallest absolute Gasteiger partial charge is 0.265 e. The van der Waals surface area contributed by atoms with Crippen molar-refractivity contribution in [1.29, 1.82) is 5.41 Å². The average Bonchev–Trinajstić information content (AvgIpc) is 3.15. The van der Waals surface area contributed by atoms with Gasteiger partial charge in [-0.1, -0.05) is 6.07 Å². The van der Waals surface area contributed by atoms with Crippen molar-refractivity contribution >= 4 is 38.5 Å². The van der Waals surface area contributed by atoms with Gasteiger partial charge in [0.25, 0.3) is 10.0 Å². The SMILES string of the molecule is CN/C=C(\C=N)c1cnc2ccc(-c3cncc(NS(=O)(=O)c4cn(C)nc4C)c3)cc2n1. The number of aromatic nitrogens is 5. The molecule has 0 saturated heterocycles. The Hall–Kier alpha value is -4.12. The van der Waals surface area contributed by atoms with Crippen LogP contribution in [0.2, 0.25) is 0 Å². The second kappa shape index (κ2) is 8.79. The zero-order valence-electron chi connectivity index (χ0n) is 18.2. The zero-order chi connectivity index (χ0) is 23.6. The number of benzene rings is 1. The van der Waals surface area contributed by atoms with E-state index in [1.165, 1.54) is 23.3 Å². The molecule has 0 atom stereocenters. The number of pyridine rings is 1. The highest BCUT2D eigenvalue weighted by Gasteiger charge is 2.20. The first-order valence-corrected chi connectivity index (χ1v) is 11.4. The van der Waals surface area contributed by atoms with Gasteiger partial charge in [-0.2, -0.15) is 5.10 Å². The summed E-state index contributed by atoms with van der Waals surface area (Å²) in [6, 6.07) is 7.27. The third-order valence-electron chi connectivity index (χ3n) is 4.88. The Morgan fingerprint density at radius 2 is 1.94 bits per heavy atom. The van der Waals surface area contributed by atoms with Crippen LogP contribution < -0.4 is 10.0 Å². The lowest BCUT2D eigenvalue weighted by Crippen LogP contribution is -2.13. The van der Waals surface area contributed by atoms with Crippen LogP contribution in [0.4, 0.5) is 5.69 Å². The van der Waals surface area contributed by atoms with Crippen molar-refractivity contribution in [3.8, 4) is 11.1 Å². The molecule has 0 spiro atoms. The maximum absolute atomic E-state index is 12.8. The van der Waals surface area contributed by atoms with Crippen molar-refractivity contribution in [1.82, 2.24) is 30.0 Å². The predicted octanol–water partition coefficient (Wildman–Crippen LogP) is 2.74. The van der Waals surface area contributed by atoms with Gasteiger partial charge >= 0.3 is 0 Å². The van der Waals surface area contributed by atoms with Crippen molar-refractivity contribution in [2.75, 3.05) is 11.8 Å². The van der Waals surface area contributed by atoms with E-state index >= 15 is 0 Å². The quantitative estimate of drug-likeness (QED) is 0.359. The van der Waals surface area contributed by atoms with Crippen molar-refractivity contribution in [3.63, 3.8) is 0 Å². The second-order valence-electron chi connectivity index (χ2n) is 7.31. The van der Waals surface area contributed by atoms with E-state index in [2.05, 4.69) is 30.1 Å². The monoisotopic (exact) mass is 462 g/mol. The van der Waals surface area contributed by atoms with Crippen LogP contribution in [-0.4, -0.2) is 46.4 Å². The number of anilines is 1. The molecule has 0 saturated carbocycles. The molecular formula is C22H22N8O2S. The van der Waals surface area contributed by atoms with E-state index < -0.39 is 10.0 Å². The summed E-state index contributed by atoms with van der Waals surface area (Å²) in [4.78, 5) is 13.4. The first kappa shape index (κ1) is 22.1. The molecule has 33 heavy (non-hydrogen) atoms. The van der Waals surface area contributed by atoms with Gasteiger partial charge in [0.15, 0.2) is 0 Å². The fraction of sp³-hybridized carbons (Fsp3) is 0.136. The molecule has 0 amide bonds. The average molecular weight is 463 g/mol. The summed E-state index contributed by atoms with van der Waals surface area (Å²) in [6.07, 6.45) is 9.06. The number of rotatable bonds is 7. The number of nitrogens with one attached hydrogen (secondary N) is 3. The summed E-state index contributed by atoms with van der Waals surface area (Å²) >= 11 is 0. The molecule has 0 aliphatic carbocycles. The van der Waals surface area contributed by atoms with Crippen LogP contribution in [0, 0.1) is 12.3 Å². The summed E-state index contributed by atoms with van der Waals surface area (Å²) in [5.41, 5.74) is 4.77. The fourth-order valence-electron chi connectivity index (χ4n) is 3.38. The highest BCUT2D eigenvalue weighted by molar-refractivity contribution is 7.92. The van der Waals surface area contributed by atoms with Crippen molar-refractivity contribution in [2.24, 2.45) is 7.05 Å². The maximum atomic E-state index is 12.8. The molecule has 1 aromatic carbocycles. The van der Waals surface area contributed by atoms with Crippen LogP contribution in [0.25, 0.3) is 27.7 Å². The number of hydrogen-bond donors (Lipinski definition) is 3. The molecule has 0 aliphatic heterocycles. The van der Waals surface area contributed by atoms with E-state index in [1.54, 1.807) is 45.7 Å². The molecule has 0 unspecified atom stereocenters. The Bertz CT molecular complexity index is 1490. The van der Waals surface area contributed by atoms with Gasteiger partial charge in [0.05, 0.1) is 40.5 Å². The van der Waals surface area contributed by atoms with E-state index in [0.29, 0.717) is 39.2 Å². The van der Waals surface area contributed by atoms with Crippen molar-refractivity contribution in [3.05, 3.63) is 66.6 Å². The van der Waals surface area contributed by atoms with Crippen LogP contribution in [0.1, 0.15) is 11.4 Å². The Morgan fingerprint density at radius 1 is 1.12 bits per heavy atom. The minimum Gasteiger partial charge on any atom is -0.393 e. The van der Waals surface area contributed by atoms with Gasteiger partial charge in [0, 0.05) is 50.0 Å². The number of allylic oxidation sites excluding steroid dienone is 1. The molecular weight excluding hydrogens is 440 g/mol. The number of fused-ring (bicyclic) bond motifs is 1. The summed E-state index contributed by atoms with van der Waals surface area (Å²) in [5, 5.41) is 14.6. The van der Waals surface area contributed by atoms with E-state index in [0.717, 1.165) is 5.56 Å². The van der Waals surface area contributed by atoms with Crippen LogP contribution in [0.15, 0.2) is 60.1 Å². The summed E-state index contributed by atoms with van der Waals surface area (Å²) in [7, 11) is -0.391. The molecule has 0 fully saturated rings. The Morgan fingerprint density at radius 3 is 2.64 bits per heavy atom. The van der Waals surface area contributed by atoms with Crippen LogP contribution >= 0.6 is 0 Å². The topological polar surface area (TPSA) is 139 Å². The highest BCUT2D eigenvalue weighted by Crippen LogP contribution is 2.26. The molecule has 10 nitrogen and oxygen atoms in total. The third kappa shape index (κ3) is 4.58. The number of sulfonamides is 1. The van der Waals surface area contributed by atoms with Crippen LogP contribution in [0.5, 0.6) is 0 Å². The molecule has 4 rings (SSSR count). The summed E-state index contributed by atoms with van der Waals surface area (Å²) in [6.45, 7) is 1.64. The third-order valence-corrected chi connectivity index (χ3v) is 6.36. The van der Waals surface area contributed by atoms with Gasteiger partial charge in [-0.15, -0.1) is 0 Å². The zero-order valence-corrected chi connectivity index (χ0v) is 19.1. The largest absolute Gasteiger partial charge is 0.393 e. The Labute approximate surface area is 191 Å². The van der Waals surface area contributed by atoms with E-state index in [-0.39, 0.29) is 4.90 Å². The van der Waals surface area contributed by atoms with Gasteiger partial charge in [0.1, 0.15) is 4.90 Å². The van der Waals surface area contributed by atoms with E-state index in [4.69, 9.17) is 5.41 Å². The molecule has 0 aliphatic rings. The predicted molar refractivity (Wildman–Crippen MR) is 127 cm³/mol. The molecule has 11 heteroatoms. The highest BCUT2D eigenvalue weighted by atomic mass is 32.2. The number of nitrogens with zero attached hydrogens (tertiary/aromatic N) is 5. The lowest BCUT2D eigenvalue weighted by Gasteiger charge is -2.09. The number of hydrogen-bond acceptors (Lipinski definition) is 8. The molecule has 168 valence electrons. The first-order chi connectivity index (χ1) is 15.8. The van der Waals surface area contributed by atoms with Gasteiger partial charge in [0.2, 0.25) is 0 Å². The number of aryl methyl sites for hydroxylation is 2. The van der Waals surface area contributed by atoms with Gasteiger partial charge < -0.3 is 10.7 Å². The summed E-state index contributed by atoms with van der Waals surface area (Å²) < 4.78 is 29.6. The molecule has 0 radical (unpaired) electrons. The lowest BCUT2D eigenvalue weighted by molar-refractivity contribution is 0.600. The Kier molecular flexibility index (Phi) is 5.88. The van der Waals surface area contributed by atoms with Crippen LogP contribution in [-0.2, 0) is 17.1 Å². The van der Waals surface area contributed by atoms with Crippen LogP contribution in [0.3, 0.4) is 0 Å². The summed E-state index contributed by atoms with van der Waals surface area (Å²) in [5.74, 6) is 0. The molecule has 3 N–H and O–H groups in total. The first-order valence-electron chi connectivity index (χ1n) is 9.94. The molecule has 4 aromatic rings. The van der Waals surface area contributed by atoms with E-state index in [9.17, 15) is 8.42 Å². The Balaban J connectivity index is 1.69. The maximum Gasteiger partial charge on any atom is 0.265 e. The molecule has 3 heterocycles. The molecule has 0 bridgehead atoms. The fourth-order valence-corrected chi connectivity index (χ4v) is 4.63. The minimum absolute atomic E-state index is 0.112. The van der Waals surface area contributed by atoms with Gasteiger partial charge in [-0.3, -0.25) is 19.4 Å². The second-order valence-corrected chi connectivity index (χ2v) is 8.96. The van der Waals surface area contributed by atoms with Crippen molar-refractivity contribution in [2.45, 2.75) is 11.8 Å². The van der Waals surface area contributed by atoms with E-state index in [1.807, 2.05) is 18.2 Å². The minimum atomic E-state index is -3.81. The standard InChI is InChI=1S/C22H22N8O2S/c1-14-22(13-30(3)28-14)33(31,32)29-18-6-16(10-25-11-18)15-4-5-19-20(7-15)27-21(12-26-19)17(8-23)9-24-2/h4-13,23-24,29H,1-3H3/b17-9+,23-8?. The van der Waals surface area contributed by atoms with Crippen molar-refractivity contribution < 1.29 is 8.42 Å². The lowest BCUT2D eigenvalue weighted by atomic mass is 10.1. The van der Waals surface area contributed by atoms with Gasteiger partial charge in [-0.05, 0) is 30.7 Å². The normalized spacial score (nSPS) is 12.0.